The zero-order valence-corrected chi connectivity index (χ0v) is 16.8. The largest absolute Gasteiger partial charge is 0.417 e. The number of amidine groups is 1. The number of oxazole rings is 1. The maximum absolute atomic E-state index is 12.6. The summed E-state index contributed by atoms with van der Waals surface area (Å²) in [5.41, 5.74) is 2.80. The molecule has 2 aromatic carbocycles. The Hall–Kier alpha value is -3.23. The normalized spacial score (nSPS) is 11.7. The van der Waals surface area contributed by atoms with Crippen LogP contribution in [0.25, 0.3) is 11.1 Å². The Morgan fingerprint density at radius 2 is 2.17 bits per heavy atom. The number of halogens is 1. The number of benzene rings is 2. The number of H-pyrrole nitrogens is 1. The van der Waals surface area contributed by atoms with Gasteiger partial charge in [0.2, 0.25) is 0 Å². The van der Waals surface area contributed by atoms with Gasteiger partial charge in [0.15, 0.2) is 5.58 Å². The van der Waals surface area contributed by atoms with Crippen LogP contribution in [0.2, 0.25) is 5.02 Å². The molecule has 0 saturated carbocycles. The number of rotatable bonds is 4. The lowest BCUT2D eigenvalue weighted by Gasteiger charge is -2.09. The molecule has 0 radical (unpaired) electrons. The Bertz CT molecular complexity index is 1290. The van der Waals surface area contributed by atoms with E-state index in [1.165, 1.54) is 11.3 Å². The maximum atomic E-state index is 12.6. The SMILES string of the molecule is Cc1nc(C(=O)NC(Cc2ccc3[nH]c(=O)oc3c2)=Nc2cccc(Cl)c2)cs1. The van der Waals surface area contributed by atoms with Crippen molar-refractivity contribution < 1.29 is 9.21 Å². The van der Waals surface area contributed by atoms with Gasteiger partial charge in [-0.1, -0.05) is 23.7 Å². The molecule has 0 bridgehead atoms. The lowest BCUT2D eigenvalue weighted by Crippen LogP contribution is -2.32. The highest BCUT2D eigenvalue weighted by atomic mass is 35.5. The molecule has 0 atom stereocenters. The lowest BCUT2D eigenvalue weighted by molar-refractivity contribution is 0.0972. The third-order valence-corrected chi connectivity index (χ3v) is 5.05. The zero-order valence-electron chi connectivity index (χ0n) is 15.2. The van der Waals surface area contributed by atoms with Gasteiger partial charge in [0, 0.05) is 16.8 Å². The summed E-state index contributed by atoms with van der Waals surface area (Å²) in [6, 6.07) is 12.3. The van der Waals surface area contributed by atoms with Crippen LogP contribution >= 0.6 is 22.9 Å². The molecule has 1 amide bonds. The smallest absolute Gasteiger partial charge is 0.408 e. The van der Waals surface area contributed by atoms with Gasteiger partial charge in [0.1, 0.15) is 11.5 Å². The van der Waals surface area contributed by atoms with Crippen LogP contribution in [0.4, 0.5) is 5.69 Å². The summed E-state index contributed by atoms with van der Waals surface area (Å²) in [6.45, 7) is 1.84. The van der Waals surface area contributed by atoms with Crippen LogP contribution in [0.15, 0.2) is 62.0 Å². The van der Waals surface area contributed by atoms with Crippen LogP contribution < -0.4 is 11.1 Å². The highest BCUT2D eigenvalue weighted by Crippen LogP contribution is 2.19. The van der Waals surface area contributed by atoms with Crippen molar-refractivity contribution in [3.63, 3.8) is 0 Å². The van der Waals surface area contributed by atoms with Gasteiger partial charge >= 0.3 is 5.76 Å². The highest BCUT2D eigenvalue weighted by molar-refractivity contribution is 7.09. The summed E-state index contributed by atoms with van der Waals surface area (Å²) in [5, 5.41) is 5.87. The van der Waals surface area contributed by atoms with E-state index in [0.717, 1.165) is 10.6 Å². The number of thiazole rings is 1. The molecular weight excluding hydrogens is 412 g/mol. The van der Waals surface area contributed by atoms with Gasteiger partial charge in [-0.3, -0.25) is 9.78 Å². The van der Waals surface area contributed by atoms with Crippen molar-refractivity contribution in [3.8, 4) is 0 Å². The summed E-state index contributed by atoms with van der Waals surface area (Å²) < 4.78 is 5.11. The van der Waals surface area contributed by atoms with Gasteiger partial charge in [-0.15, -0.1) is 11.3 Å². The second-order valence-electron chi connectivity index (χ2n) is 6.27. The molecule has 7 nitrogen and oxygen atoms in total. The number of carbonyl (C=O) groups is 1. The molecule has 29 heavy (non-hydrogen) atoms. The van der Waals surface area contributed by atoms with Gasteiger partial charge in [-0.05, 0) is 42.8 Å². The molecule has 0 fully saturated rings. The predicted octanol–water partition coefficient (Wildman–Crippen LogP) is 4.24. The Kier molecular flexibility index (Phi) is 5.28. The molecule has 0 unspecified atom stereocenters. The van der Waals surface area contributed by atoms with Crippen LogP contribution in [-0.2, 0) is 6.42 Å². The van der Waals surface area contributed by atoms with E-state index in [1.807, 2.05) is 13.0 Å². The van der Waals surface area contributed by atoms with Gasteiger partial charge in [0.05, 0.1) is 16.2 Å². The Labute approximate surface area is 174 Å². The van der Waals surface area contributed by atoms with Gasteiger partial charge in [0.25, 0.3) is 5.91 Å². The topological polar surface area (TPSA) is 100 Å². The fourth-order valence-corrected chi connectivity index (χ4v) is 3.55. The minimum Gasteiger partial charge on any atom is -0.408 e. The highest BCUT2D eigenvalue weighted by Gasteiger charge is 2.14. The van der Waals surface area contributed by atoms with E-state index in [0.29, 0.717) is 39.8 Å². The molecule has 9 heteroatoms. The quantitative estimate of drug-likeness (QED) is 0.376. The molecule has 2 N–H and O–H groups in total. The van der Waals surface area contributed by atoms with Crippen molar-refractivity contribution in [1.29, 1.82) is 0 Å². The third kappa shape index (κ3) is 4.61. The van der Waals surface area contributed by atoms with Gasteiger partial charge in [-0.25, -0.2) is 14.8 Å². The van der Waals surface area contributed by atoms with Crippen molar-refractivity contribution in [2.75, 3.05) is 0 Å². The monoisotopic (exact) mass is 426 g/mol. The third-order valence-electron chi connectivity index (χ3n) is 4.04. The predicted molar refractivity (Wildman–Crippen MR) is 113 cm³/mol. The number of aromatic amines is 1. The van der Waals surface area contributed by atoms with E-state index in [4.69, 9.17) is 16.0 Å². The molecule has 2 aromatic heterocycles. The summed E-state index contributed by atoms with van der Waals surface area (Å²) >= 11 is 7.45. The number of fused-ring (bicyclic) bond motifs is 1. The molecule has 0 spiro atoms. The van der Waals surface area contributed by atoms with Crippen LogP contribution in [0, 0.1) is 6.92 Å². The number of nitrogens with one attached hydrogen (secondary N) is 2. The first-order chi connectivity index (χ1) is 14.0. The van der Waals surface area contributed by atoms with Crippen molar-refractivity contribution in [2.24, 2.45) is 4.99 Å². The molecule has 0 aliphatic rings. The summed E-state index contributed by atoms with van der Waals surface area (Å²) in [6.07, 6.45) is 0.312. The van der Waals surface area contributed by atoms with Crippen molar-refractivity contribution in [3.05, 3.63) is 79.7 Å². The molecule has 4 aromatic rings. The maximum Gasteiger partial charge on any atom is 0.417 e. The minimum atomic E-state index is -0.517. The number of nitrogens with zero attached hydrogens (tertiary/aromatic N) is 2. The molecular formula is C20H15ClN4O3S. The molecule has 2 heterocycles. The Morgan fingerprint density at radius 3 is 2.93 bits per heavy atom. The zero-order chi connectivity index (χ0) is 20.4. The number of hydrogen-bond acceptors (Lipinski definition) is 6. The first-order valence-corrected chi connectivity index (χ1v) is 9.90. The molecule has 146 valence electrons. The molecule has 0 saturated heterocycles. The minimum absolute atomic E-state index is 0.312. The van der Waals surface area contributed by atoms with E-state index >= 15 is 0 Å². The van der Waals surface area contributed by atoms with Crippen molar-refractivity contribution in [1.82, 2.24) is 15.3 Å². The number of hydrogen-bond donors (Lipinski definition) is 2. The number of aliphatic imine (C=N–C) groups is 1. The van der Waals surface area contributed by atoms with Crippen LogP contribution in [-0.4, -0.2) is 21.7 Å². The van der Waals surface area contributed by atoms with E-state index in [9.17, 15) is 9.59 Å². The number of aryl methyl sites for hydroxylation is 1. The average molecular weight is 427 g/mol. The van der Waals surface area contributed by atoms with Crippen molar-refractivity contribution >= 4 is 51.5 Å². The lowest BCUT2D eigenvalue weighted by atomic mass is 10.1. The van der Waals surface area contributed by atoms with Gasteiger partial charge < -0.3 is 9.73 Å². The fraction of sp³-hybridized carbons (Fsp3) is 0.100. The summed E-state index contributed by atoms with van der Waals surface area (Å²) in [7, 11) is 0. The summed E-state index contributed by atoms with van der Waals surface area (Å²) in [4.78, 5) is 35.3. The van der Waals surface area contributed by atoms with E-state index in [-0.39, 0.29) is 5.91 Å². The van der Waals surface area contributed by atoms with Crippen LogP contribution in [0.5, 0.6) is 0 Å². The Balaban J connectivity index is 1.66. The molecule has 0 aliphatic heterocycles. The number of amides is 1. The van der Waals surface area contributed by atoms with Crippen molar-refractivity contribution in [2.45, 2.75) is 13.3 Å². The summed E-state index contributed by atoms with van der Waals surface area (Å²) in [5.74, 6) is -0.443. The number of carbonyl (C=O) groups excluding carboxylic acids is 1. The fourth-order valence-electron chi connectivity index (χ4n) is 2.77. The van der Waals surface area contributed by atoms with E-state index < -0.39 is 5.76 Å². The first-order valence-electron chi connectivity index (χ1n) is 8.64. The van der Waals surface area contributed by atoms with E-state index in [1.54, 1.807) is 41.8 Å². The molecule has 0 aliphatic carbocycles. The number of aromatic nitrogens is 2. The molecule has 4 rings (SSSR count). The van der Waals surface area contributed by atoms with Crippen LogP contribution in [0.1, 0.15) is 21.1 Å². The second kappa shape index (κ2) is 8.02. The van der Waals surface area contributed by atoms with Gasteiger partial charge in [-0.2, -0.15) is 0 Å². The van der Waals surface area contributed by atoms with Crippen LogP contribution in [0.3, 0.4) is 0 Å². The Morgan fingerprint density at radius 1 is 1.31 bits per heavy atom. The average Bonchev–Trinajstić information content (AvgIpc) is 3.26. The first kappa shape index (κ1) is 19.1. The van der Waals surface area contributed by atoms with E-state index in [2.05, 4.69) is 20.3 Å². The standard InChI is InChI=1S/C20H15ClN4O3S/c1-11-22-16(10-29-11)19(26)25-18(23-14-4-2-3-13(21)9-14)8-12-5-6-15-17(7-12)28-20(27)24-15/h2-7,9-10H,8H2,1H3,(H,24,27)(H,23,25,26). The second-order valence-corrected chi connectivity index (χ2v) is 7.76.